The van der Waals surface area contributed by atoms with Gasteiger partial charge < -0.3 is 11.1 Å². The molecule has 2 heteroatoms. The molecular formula is C19H24N2. The fraction of sp³-hybridized carbons (Fsp3) is 0.368. The van der Waals surface area contributed by atoms with E-state index in [9.17, 15) is 0 Å². The number of hydrogen-bond acceptors (Lipinski definition) is 2. The van der Waals surface area contributed by atoms with Gasteiger partial charge in [0.2, 0.25) is 0 Å². The molecule has 1 saturated carbocycles. The molecule has 0 heterocycles. The Balaban J connectivity index is 1.58. The molecule has 1 aliphatic rings. The third-order valence-electron chi connectivity index (χ3n) is 4.54. The van der Waals surface area contributed by atoms with Crippen LogP contribution in [0, 0.1) is 5.92 Å². The molecule has 3 rings (SSSR count). The maximum atomic E-state index is 6.39. The van der Waals surface area contributed by atoms with Crippen molar-refractivity contribution in [2.45, 2.75) is 38.3 Å². The van der Waals surface area contributed by atoms with Gasteiger partial charge in [-0.05, 0) is 42.0 Å². The van der Waals surface area contributed by atoms with E-state index < -0.39 is 0 Å². The lowest BCUT2D eigenvalue weighted by molar-refractivity contribution is 0.445. The van der Waals surface area contributed by atoms with Gasteiger partial charge in [-0.25, -0.2) is 0 Å². The van der Waals surface area contributed by atoms with Gasteiger partial charge in [0.05, 0.1) is 0 Å². The zero-order valence-corrected chi connectivity index (χ0v) is 12.5. The van der Waals surface area contributed by atoms with Crippen molar-refractivity contribution >= 4 is 5.69 Å². The summed E-state index contributed by atoms with van der Waals surface area (Å²) in [6.07, 6.45) is 5.26. The molecule has 2 aromatic rings. The molecule has 3 N–H and O–H groups in total. The van der Waals surface area contributed by atoms with Crippen molar-refractivity contribution in [3.8, 4) is 0 Å². The first kappa shape index (κ1) is 14.2. The van der Waals surface area contributed by atoms with Gasteiger partial charge in [0, 0.05) is 18.3 Å². The van der Waals surface area contributed by atoms with Crippen molar-refractivity contribution < 1.29 is 0 Å². The van der Waals surface area contributed by atoms with E-state index in [0.717, 1.165) is 12.2 Å². The Morgan fingerprint density at radius 3 is 2.29 bits per heavy atom. The van der Waals surface area contributed by atoms with Gasteiger partial charge in [-0.3, -0.25) is 0 Å². The van der Waals surface area contributed by atoms with Gasteiger partial charge >= 0.3 is 0 Å². The Hall–Kier alpha value is -1.80. The predicted molar refractivity (Wildman–Crippen MR) is 89.1 cm³/mol. The summed E-state index contributed by atoms with van der Waals surface area (Å²) < 4.78 is 0. The summed E-state index contributed by atoms with van der Waals surface area (Å²) in [6.45, 7) is 0.856. The van der Waals surface area contributed by atoms with Gasteiger partial charge in [-0.1, -0.05) is 55.3 Å². The average Bonchev–Trinajstić information content (AvgIpc) is 3.08. The molecule has 110 valence electrons. The molecule has 0 bridgehead atoms. The molecular weight excluding hydrogens is 256 g/mol. The first-order valence-electron chi connectivity index (χ1n) is 7.96. The lowest BCUT2D eigenvalue weighted by atomic mass is 9.92. The first-order chi connectivity index (χ1) is 10.3. The van der Waals surface area contributed by atoms with E-state index in [4.69, 9.17) is 5.73 Å². The van der Waals surface area contributed by atoms with Crippen molar-refractivity contribution in [1.82, 2.24) is 0 Å². The van der Waals surface area contributed by atoms with Crippen LogP contribution in [0.3, 0.4) is 0 Å². The number of anilines is 1. The Bertz CT molecular complexity index is 542. The average molecular weight is 280 g/mol. The second kappa shape index (κ2) is 6.77. The molecule has 21 heavy (non-hydrogen) atoms. The second-order valence-electron chi connectivity index (χ2n) is 6.03. The highest BCUT2D eigenvalue weighted by molar-refractivity contribution is 5.45. The number of hydrogen-bond donors (Lipinski definition) is 2. The van der Waals surface area contributed by atoms with E-state index in [2.05, 4.69) is 53.8 Å². The van der Waals surface area contributed by atoms with Gasteiger partial charge in [0.15, 0.2) is 0 Å². The van der Waals surface area contributed by atoms with Crippen LogP contribution in [0.5, 0.6) is 0 Å². The lowest BCUT2D eigenvalue weighted by Crippen LogP contribution is -2.18. The van der Waals surface area contributed by atoms with Crippen molar-refractivity contribution in [3.05, 3.63) is 65.7 Å². The third-order valence-corrected chi connectivity index (χ3v) is 4.54. The van der Waals surface area contributed by atoms with E-state index in [1.807, 2.05) is 6.07 Å². The molecule has 0 radical (unpaired) electrons. The van der Waals surface area contributed by atoms with Crippen molar-refractivity contribution in [3.63, 3.8) is 0 Å². The van der Waals surface area contributed by atoms with E-state index in [1.165, 1.54) is 36.8 Å². The summed E-state index contributed by atoms with van der Waals surface area (Å²) >= 11 is 0. The summed E-state index contributed by atoms with van der Waals surface area (Å²) in [6, 6.07) is 19.3. The van der Waals surface area contributed by atoms with Crippen LogP contribution in [0.2, 0.25) is 0 Å². The smallest absolute Gasteiger partial charge is 0.0400 e. The van der Waals surface area contributed by atoms with E-state index in [0.29, 0.717) is 5.92 Å². The number of nitrogens with one attached hydrogen (secondary N) is 1. The molecule has 2 nitrogen and oxygen atoms in total. The Morgan fingerprint density at radius 1 is 0.952 bits per heavy atom. The van der Waals surface area contributed by atoms with Gasteiger partial charge in [-0.15, -0.1) is 0 Å². The first-order valence-corrected chi connectivity index (χ1v) is 7.96. The van der Waals surface area contributed by atoms with Crippen LogP contribution < -0.4 is 11.1 Å². The fourth-order valence-corrected chi connectivity index (χ4v) is 3.21. The van der Waals surface area contributed by atoms with Crippen LogP contribution >= 0.6 is 0 Å². The molecule has 1 aliphatic carbocycles. The monoisotopic (exact) mass is 280 g/mol. The standard InChI is InChI=1S/C19H24N2/c20-19(16-8-4-5-9-16)17-10-12-18(13-11-17)21-14-15-6-2-1-3-7-15/h1-3,6-7,10-13,16,19,21H,4-5,8-9,14,20H2/t19-/m0/s1. The minimum absolute atomic E-state index is 0.204. The topological polar surface area (TPSA) is 38.0 Å². The van der Waals surface area contributed by atoms with Crippen molar-refractivity contribution in [1.29, 1.82) is 0 Å². The molecule has 1 fully saturated rings. The highest BCUT2D eigenvalue weighted by atomic mass is 14.9. The minimum atomic E-state index is 0.204. The minimum Gasteiger partial charge on any atom is -0.381 e. The van der Waals surface area contributed by atoms with Crippen LogP contribution in [0.4, 0.5) is 5.69 Å². The summed E-state index contributed by atoms with van der Waals surface area (Å²) in [5.41, 5.74) is 10.1. The largest absolute Gasteiger partial charge is 0.381 e. The van der Waals surface area contributed by atoms with Crippen LogP contribution in [-0.2, 0) is 6.54 Å². The SMILES string of the molecule is N[C@H](c1ccc(NCc2ccccc2)cc1)C1CCCC1. The van der Waals surface area contributed by atoms with E-state index >= 15 is 0 Å². The summed E-state index contributed by atoms with van der Waals surface area (Å²) in [5.74, 6) is 0.674. The van der Waals surface area contributed by atoms with Crippen LogP contribution in [0.15, 0.2) is 54.6 Å². The lowest BCUT2D eigenvalue weighted by Gasteiger charge is -2.19. The fourth-order valence-electron chi connectivity index (χ4n) is 3.21. The molecule has 0 aliphatic heterocycles. The maximum absolute atomic E-state index is 6.39. The molecule has 1 atom stereocenters. The van der Waals surface area contributed by atoms with E-state index in [1.54, 1.807) is 0 Å². The molecule has 0 amide bonds. The van der Waals surface area contributed by atoms with Crippen LogP contribution in [0.1, 0.15) is 42.9 Å². The normalized spacial score (nSPS) is 16.8. The number of benzene rings is 2. The molecule has 0 aromatic heterocycles. The summed E-state index contributed by atoms with van der Waals surface area (Å²) in [4.78, 5) is 0. The zero-order chi connectivity index (χ0) is 14.5. The molecule has 2 aromatic carbocycles. The van der Waals surface area contributed by atoms with Crippen LogP contribution in [-0.4, -0.2) is 0 Å². The molecule has 0 saturated heterocycles. The van der Waals surface area contributed by atoms with Crippen LogP contribution in [0.25, 0.3) is 0 Å². The maximum Gasteiger partial charge on any atom is 0.0400 e. The van der Waals surface area contributed by atoms with Gasteiger partial charge in [0.1, 0.15) is 0 Å². The zero-order valence-electron chi connectivity index (χ0n) is 12.5. The third kappa shape index (κ3) is 3.64. The quantitative estimate of drug-likeness (QED) is 0.847. The predicted octanol–water partition coefficient (Wildman–Crippen LogP) is 4.49. The Kier molecular flexibility index (Phi) is 4.56. The van der Waals surface area contributed by atoms with E-state index in [-0.39, 0.29) is 6.04 Å². The van der Waals surface area contributed by atoms with Crippen molar-refractivity contribution in [2.75, 3.05) is 5.32 Å². The van der Waals surface area contributed by atoms with Gasteiger partial charge in [-0.2, -0.15) is 0 Å². The second-order valence-corrected chi connectivity index (χ2v) is 6.03. The Labute approximate surface area is 127 Å². The highest BCUT2D eigenvalue weighted by Gasteiger charge is 2.22. The number of nitrogens with two attached hydrogens (primary N) is 1. The highest BCUT2D eigenvalue weighted by Crippen LogP contribution is 2.34. The van der Waals surface area contributed by atoms with Gasteiger partial charge in [0.25, 0.3) is 0 Å². The summed E-state index contributed by atoms with van der Waals surface area (Å²) in [5, 5.41) is 3.46. The molecule has 0 unspecified atom stereocenters. The Morgan fingerprint density at radius 2 is 1.62 bits per heavy atom. The van der Waals surface area contributed by atoms with Crippen molar-refractivity contribution in [2.24, 2.45) is 11.7 Å². The molecule has 0 spiro atoms. The number of rotatable bonds is 5. The summed E-state index contributed by atoms with van der Waals surface area (Å²) in [7, 11) is 0.